The highest BCUT2D eigenvalue weighted by Crippen LogP contribution is 2.38. The van der Waals surface area contributed by atoms with E-state index >= 15 is 0 Å². The second-order valence-corrected chi connectivity index (χ2v) is 6.11. The van der Waals surface area contributed by atoms with E-state index in [9.17, 15) is 9.59 Å². The number of amides is 2. The van der Waals surface area contributed by atoms with Gasteiger partial charge in [0, 0.05) is 11.3 Å². The summed E-state index contributed by atoms with van der Waals surface area (Å²) in [7, 11) is 4.43. The fourth-order valence-electron chi connectivity index (χ4n) is 2.75. The first-order chi connectivity index (χ1) is 13.4. The van der Waals surface area contributed by atoms with Gasteiger partial charge >= 0.3 is 0 Å². The molecule has 0 bridgehead atoms. The zero-order chi connectivity index (χ0) is 20.7. The molecule has 2 rings (SSSR count). The van der Waals surface area contributed by atoms with E-state index in [1.807, 2.05) is 31.2 Å². The molecule has 0 saturated heterocycles. The van der Waals surface area contributed by atoms with Gasteiger partial charge in [0.25, 0.3) is 5.91 Å². The molecule has 0 aliphatic rings. The number of nitrogens with one attached hydrogen (secondary N) is 2. The number of anilines is 1. The zero-order valence-corrected chi connectivity index (χ0v) is 16.8. The number of rotatable bonds is 8. The van der Waals surface area contributed by atoms with Crippen LogP contribution in [0.3, 0.4) is 0 Å². The summed E-state index contributed by atoms with van der Waals surface area (Å²) in [4.78, 5) is 25.1. The van der Waals surface area contributed by atoms with Gasteiger partial charge in [0.05, 0.1) is 21.3 Å². The summed E-state index contributed by atoms with van der Waals surface area (Å²) < 4.78 is 15.8. The Bertz CT molecular complexity index is 825. The van der Waals surface area contributed by atoms with Crippen LogP contribution in [0.2, 0.25) is 0 Å². The highest BCUT2D eigenvalue weighted by atomic mass is 16.5. The molecular weight excluding hydrogens is 360 g/mol. The fourth-order valence-corrected chi connectivity index (χ4v) is 2.75. The lowest BCUT2D eigenvalue weighted by molar-refractivity contribution is -0.117. The number of hydrogen-bond acceptors (Lipinski definition) is 5. The Morgan fingerprint density at radius 2 is 1.61 bits per heavy atom. The summed E-state index contributed by atoms with van der Waals surface area (Å²) in [6, 6.07) is 9.90. The molecule has 0 radical (unpaired) electrons. The second-order valence-electron chi connectivity index (χ2n) is 6.11. The standard InChI is InChI=1S/C21H26N2O5/c1-6-14-9-7-8-10-16(14)23-20(24)13(2)22-21(25)15-11-17(26-3)19(28-5)18(12-15)27-4/h7-13H,6H2,1-5H3,(H,22,25)(H,23,24)/t13-/m0/s1. The topological polar surface area (TPSA) is 85.9 Å². The van der Waals surface area contributed by atoms with Crippen LogP contribution in [-0.4, -0.2) is 39.2 Å². The van der Waals surface area contributed by atoms with Gasteiger partial charge in [-0.2, -0.15) is 0 Å². The molecule has 2 aromatic rings. The Labute approximate surface area is 165 Å². The lowest BCUT2D eigenvalue weighted by Gasteiger charge is -2.17. The second kappa shape index (κ2) is 9.64. The molecule has 0 aliphatic carbocycles. The van der Waals surface area contributed by atoms with Crippen LogP contribution in [-0.2, 0) is 11.2 Å². The average Bonchev–Trinajstić information content (AvgIpc) is 2.72. The van der Waals surface area contributed by atoms with E-state index in [4.69, 9.17) is 14.2 Å². The van der Waals surface area contributed by atoms with Gasteiger partial charge in [0.1, 0.15) is 6.04 Å². The van der Waals surface area contributed by atoms with Gasteiger partial charge in [-0.1, -0.05) is 25.1 Å². The lowest BCUT2D eigenvalue weighted by Crippen LogP contribution is -2.41. The molecule has 28 heavy (non-hydrogen) atoms. The van der Waals surface area contributed by atoms with E-state index in [0.717, 1.165) is 17.7 Å². The number of para-hydroxylation sites is 1. The predicted octanol–water partition coefficient (Wildman–Crippen LogP) is 3.03. The van der Waals surface area contributed by atoms with E-state index in [2.05, 4.69) is 10.6 Å². The monoisotopic (exact) mass is 386 g/mol. The molecule has 1 atom stereocenters. The Kier molecular flexibility index (Phi) is 7.26. The van der Waals surface area contributed by atoms with Crippen LogP contribution in [0, 0.1) is 0 Å². The maximum absolute atomic E-state index is 12.6. The number of aryl methyl sites for hydroxylation is 1. The first kappa shape index (κ1) is 21.1. The highest BCUT2D eigenvalue weighted by molar-refractivity contribution is 6.01. The normalized spacial score (nSPS) is 11.3. The summed E-state index contributed by atoms with van der Waals surface area (Å²) in [5.74, 6) is 0.387. The summed E-state index contributed by atoms with van der Waals surface area (Å²) >= 11 is 0. The average molecular weight is 386 g/mol. The molecule has 0 saturated carbocycles. The van der Waals surface area contributed by atoms with Crippen molar-refractivity contribution in [2.45, 2.75) is 26.3 Å². The maximum atomic E-state index is 12.6. The van der Waals surface area contributed by atoms with E-state index in [-0.39, 0.29) is 5.91 Å². The number of carbonyl (C=O) groups excluding carboxylic acids is 2. The van der Waals surface area contributed by atoms with Crippen LogP contribution in [0.25, 0.3) is 0 Å². The molecule has 2 aromatic carbocycles. The van der Waals surface area contributed by atoms with Crippen molar-refractivity contribution in [3.05, 3.63) is 47.5 Å². The van der Waals surface area contributed by atoms with E-state index in [1.54, 1.807) is 6.92 Å². The SMILES string of the molecule is CCc1ccccc1NC(=O)[C@H](C)NC(=O)c1cc(OC)c(OC)c(OC)c1. The third-order valence-electron chi connectivity index (χ3n) is 4.32. The van der Waals surface area contributed by atoms with Crippen LogP contribution < -0.4 is 24.8 Å². The van der Waals surface area contributed by atoms with E-state index in [1.165, 1.54) is 33.5 Å². The summed E-state index contributed by atoms with van der Waals surface area (Å²) in [6.45, 7) is 3.64. The number of carbonyl (C=O) groups is 2. The number of hydrogen-bond donors (Lipinski definition) is 2. The molecule has 7 heteroatoms. The van der Waals surface area contributed by atoms with Gasteiger partial charge in [-0.25, -0.2) is 0 Å². The first-order valence-corrected chi connectivity index (χ1v) is 8.94. The van der Waals surface area contributed by atoms with Crippen molar-refractivity contribution >= 4 is 17.5 Å². The molecule has 7 nitrogen and oxygen atoms in total. The van der Waals surface area contributed by atoms with Crippen LogP contribution in [0.5, 0.6) is 17.2 Å². The largest absolute Gasteiger partial charge is 0.493 e. The Balaban J connectivity index is 2.14. The van der Waals surface area contributed by atoms with Gasteiger partial charge in [-0.15, -0.1) is 0 Å². The number of methoxy groups -OCH3 is 3. The zero-order valence-electron chi connectivity index (χ0n) is 16.8. The summed E-state index contributed by atoms with van der Waals surface area (Å²) in [5, 5.41) is 5.55. The molecular formula is C21H26N2O5. The van der Waals surface area contributed by atoms with Crippen molar-refractivity contribution in [3.8, 4) is 17.2 Å². The van der Waals surface area contributed by atoms with Gasteiger partial charge < -0.3 is 24.8 Å². The first-order valence-electron chi connectivity index (χ1n) is 8.94. The van der Waals surface area contributed by atoms with E-state index in [0.29, 0.717) is 22.8 Å². The minimum absolute atomic E-state index is 0.295. The predicted molar refractivity (Wildman–Crippen MR) is 107 cm³/mol. The molecule has 2 amide bonds. The van der Waals surface area contributed by atoms with Crippen molar-refractivity contribution in [1.29, 1.82) is 0 Å². The Morgan fingerprint density at radius 1 is 1.00 bits per heavy atom. The quantitative estimate of drug-likeness (QED) is 0.728. The molecule has 150 valence electrons. The minimum atomic E-state index is -0.739. The maximum Gasteiger partial charge on any atom is 0.252 e. The van der Waals surface area contributed by atoms with Crippen molar-refractivity contribution < 1.29 is 23.8 Å². The molecule has 0 aliphatic heterocycles. The molecule has 0 fully saturated rings. The van der Waals surface area contributed by atoms with Crippen LogP contribution >= 0.6 is 0 Å². The van der Waals surface area contributed by atoms with Crippen LogP contribution in [0.15, 0.2) is 36.4 Å². The van der Waals surface area contributed by atoms with Gasteiger partial charge in [0.2, 0.25) is 11.7 Å². The van der Waals surface area contributed by atoms with Crippen molar-refractivity contribution in [1.82, 2.24) is 5.32 Å². The summed E-state index contributed by atoms with van der Waals surface area (Å²) in [5.41, 5.74) is 2.06. The number of benzene rings is 2. The van der Waals surface area contributed by atoms with Crippen LogP contribution in [0.4, 0.5) is 5.69 Å². The summed E-state index contributed by atoms with van der Waals surface area (Å²) in [6.07, 6.45) is 0.794. The smallest absolute Gasteiger partial charge is 0.252 e. The third-order valence-corrected chi connectivity index (χ3v) is 4.32. The highest BCUT2D eigenvalue weighted by Gasteiger charge is 2.21. The lowest BCUT2D eigenvalue weighted by atomic mass is 10.1. The van der Waals surface area contributed by atoms with Gasteiger partial charge in [-0.3, -0.25) is 9.59 Å². The van der Waals surface area contributed by atoms with Crippen LogP contribution in [0.1, 0.15) is 29.8 Å². The number of ether oxygens (including phenoxy) is 3. The minimum Gasteiger partial charge on any atom is -0.493 e. The molecule has 0 spiro atoms. The van der Waals surface area contributed by atoms with Crippen molar-refractivity contribution in [2.75, 3.05) is 26.6 Å². The Hall–Kier alpha value is -3.22. The van der Waals surface area contributed by atoms with E-state index < -0.39 is 11.9 Å². The van der Waals surface area contributed by atoms with Gasteiger partial charge in [0.15, 0.2) is 11.5 Å². The van der Waals surface area contributed by atoms with Crippen molar-refractivity contribution in [2.24, 2.45) is 0 Å². The third kappa shape index (κ3) is 4.73. The molecule has 0 heterocycles. The Morgan fingerprint density at radius 3 is 2.14 bits per heavy atom. The molecule has 0 unspecified atom stereocenters. The molecule has 0 aromatic heterocycles. The fraction of sp³-hybridized carbons (Fsp3) is 0.333. The van der Waals surface area contributed by atoms with Crippen molar-refractivity contribution in [3.63, 3.8) is 0 Å². The molecule has 2 N–H and O–H groups in total. The van der Waals surface area contributed by atoms with Gasteiger partial charge in [-0.05, 0) is 37.1 Å².